The minimum absolute atomic E-state index is 0.0440. The summed E-state index contributed by atoms with van der Waals surface area (Å²) in [5, 5.41) is 0. The summed E-state index contributed by atoms with van der Waals surface area (Å²) >= 11 is 0. The number of hydrogen-bond acceptors (Lipinski definition) is 3. The maximum absolute atomic E-state index is 13.8. The van der Waals surface area contributed by atoms with Crippen molar-refractivity contribution >= 4 is 20.9 Å². The van der Waals surface area contributed by atoms with Crippen molar-refractivity contribution in [2.45, 2.75) is 67.6 Å². The third-order valence-corrected chi connectivity index (χ3v) is 6.54. The maximum Gasteiger partial charge on any atom is 0.173 e. The number of nitrogens with zero attached hydrogens (tertiary/aromatic N) is 1. The summed E-state index contributed by atoms with van der Waals surface area (Å²) in [4.78, 5) is 13.8. The highest BCUT2D eigenvalue weighted by Gasteiger charge is 2.40. The molecule has 1 heterocycles. The van der Waals surface area contributed by atoms with Crippen LogP contribution < -0.4 is 0 Å². The fraction of sp³-hybridized carbons (Fsp3) is 0.519. The molecular weight excluding hydrogens is 417 g/mol. The Morgan fingerprint density at radius 2 is 1.72 bits per heavy atom. The van der Waals surface area contributed by atoms with Crippen molar-refractivity contribution in [1.29, 1.82) is 0 Å². The molecule has 176 valence electrons. The number of benzene rings is 1. The molecule has 1 aromatic carbocycles. The molecule has 2 rings (SSSR count). The molecule has 3 nitrogen and oxygen atoms in total. The fourth-order valence-corrected chi connectivity index (χ4v) is 5.07. The number of aldehydes is 1. The molecule has 5 heteroatoms. The fourth-order valence-electron chi connectivity index (χ4n) is 4.61. The molecule has 1 unspecified atom stereocenters. The van der Waals surface area contributed by atoms with E-state index in [2.05, 4.69) is 66.5 Å². The Morgan fingerprint density at radius 3 is 2.16 bits per heavy atom. The van der Waals surface area contributed by atoms with E-state index in [0.717, 1.165) is 23.0 Å². The molecule has 0 aromatic heterocycles. The van der Waals surface area contributed by atoms with E-state index in [9.17, 15) is 9.18 Å². The van der Waals surface area contributed by atoms with Gasteiger partial charge in [0.25, 0.3) is 0 Å². The lowest BCUT2D eigenvalue weighted by molar-refractivity contribution is -0.104. The van der Waals surface area contributed by atoms with Crippen LogP contribution in [0.2, 0.25) is 13.1 Å². The minimum Gasteiger partial charge on any atom is -0.403 e. The zero-order valence-corrected chi connectivity index (χ0v) is 22.4. The van der Waals surface area contributed by atoms with Crippen LogP contribution in [-0.2, 0) is 9.22 Å². The van der Waals surface area contributed by atoms with Gasteiger partial charge in [-0.1, -0.05) is 66.7 Å². The first-order chi connectivity index (χ1) is 14.9. The molecule has 32 heavy (non-hydrogen) atoms. The molecule has 0 spiro atoms. The maximum atomic E-state index is 13.8. The van der Waals surface area contributed by atoms with Gasteiger partial charge in [-0.25, -0.2) is 4.39 Å². The second-order valence-electron chi connectivity index (χ2n) is 10.5. The summed E-state index contributed by atoms with van der Waals surface area (Å²) in [5.41, 5.74) is 5.51. The number of carbonyl (C=O) groups is 1. The summed E-state index contributed by atoms with van der Waals surface area (Å²) in [6, 6.07) is 6.79. The molecule has 0 aliphatic carbocycles. The lowest BCUT2D eigenvalue weighted by Gasteiger charge is -2.48. The molecule has 1 aliphatic heterocycles. The second-order valence-corrected chi connectivity index (χ2v) is 12.9. The van der Waals surface area contributed by atoms with E-state index in [-0.39, 0.29) is 29.1 Å². The van der Waals surface area contributed by atoms with Crippen LogP contribution in [0.5, 0.6) is 0 Å². The quantitative estimate of drug-likeness (QED) is 0.251. The molecule has 0 bridgehead atoms. The second kappa shape index (κ2) is 10.8. The van der Waals surface area contributed by atoms with Crippen molar-refractivity contribution in [3.05, 3.63) is 64.6 Å². The van der Waals surface area contributed by atoms with Gasteiger partial charge in [-0.05, 0) is 70.8 Å². The standard InChI is InChI=1S/C27H40FNO2Si/c1-18(2)25-22(11-10-16-30)23(20-12-14-21(28)15-13-20)24(27(5,6)7)26(19(3)4)29(25)17-31-32(8)9/h10-16,18-19,25,32H,17H2,1-9H3/b11-10+. The van der Waals surface area contributed by atoms with Crippen molar-refractivity contribution in [3.63, 3.8) is 0 Å². The van der Waals surface area contributed by atoms with Crippen LogP contribution >= 0.6 is 0 Å². The SMILES string of the molecule is CC(C)C1=C(C(C)(C)C)C(c2ccc(F)cc2)=C(/C=C/C=O)C(C(C)C)N1CO[SiH](C)C. The Morgan fingerprint density at radius 1 is 1.12 bits per heavy atom. The van der Waals surface area contributed by atoms with Gasteiger partial charge in [-0.15, -0.1) is 0 Å². The first-order valence-electron chi connectivity index (χ1n) is 11.6. The summed E-state index contributed by atoms with van der Waals surface area (Å²) in [6.07, 6.45) is 4.34. The Balaban J connectivity index is 2.99. The summed E-state index contributed by atoms with van der Waals surface area (Å²) in [6.45, 7) is 20.5. The monoisotopic (exact) mass is 457 g/mol. The van der Waals surface area contributed by atoms with Crippen LogP contribution in [0.1, 0.15) is 54.0 Å². The van der Waals surface area contributed by atoms with E-state index in [0.29, 0.717) is 6.73 Å². The number of allylic oxidation sites excluding steroid dienone is 4. The number of hydrogen-bond donors (Lipinski definition) is 0. The lowest BCUT2D eigenvalue weighted by atomic mass is 9.70. The third kappa shape index (κ3) is 5.87. The lowest BCUT2D eigenvalue weighted by Crippen LogP contribution is -2.47. The van der Waals surface area contributed by atoms with Crippen molar-refractivity contribution < 1.29 is 13.6 Å². The molecule has 1 atom stereocenters. The highest BCUT2D eigenvalue weighted by molar-refractivity contribution is 6.48. The Labute approximate surface area is 195 Å². The van der Waals surface area contributed by atoms with Crippen molar-refractivity contribution in [2.24, 2.45) is 17.3 Å². The van der Waals surface area contributed by atoms with Crippen molar-refractivity contribution in [3.8, 4) is 0 Å². The molecule has 0 saturated carbocycles. The van der Waals surface area contributed by atoms with E-state index in [1.807, 2.05) is 18.2 Å². The van der Waals surface area contributed by atoms with Gasteiger partial charge in [0.05, 0.1) is 6.04 Å². The molecule has 1 aromatic rings. The zero-order valence-electron chi connectivity index (χ0n) is 21.2. The van der Waals surface area contributed by atoms with E-state index >= 15 is 0 Å². The predicted octanol–water partition coefficient (Wildman–Crippen LogP) is 6.59. The predicted molar refractivity (Wildman–Crippen MR) is 135 cm³/mol. The van der Waals surface area contributed by atoms with Gasteiger partial charge in [0.2, 0.25) is 0 Å². The third-order valence-electron chi connectivity index (χ3n) is 5.72. The largest absolute Gasteiger partial charge is 0.403 e. The highest BCUT2D eigenvalue weighted by Crippen LogP contribution is 2.49. The molecule has 1 aliphatic rings. The van der Waals surface area contributed by atoms with Gasteiger partial charge < -0.3 is 9.33 Å². The number of carbonyl (C=O) groups excluding carboxylic acids is 1. The highest BCUT2D eigenvalue weighted by atomic mass is 28.3. The van der Waals surface area contributed by atoms with Crippen LogP contribution in [0.25, 0.3) is 5.57 Å². The molecule has 0 N–H and O–H groups in total. The van der Waals surface area contributed by atoms with Crippen LogP contribution in [0.4, 0.5) is 4.39 Å². The van der Waals surface area contributed by atoms with Gasteiger partial charge in [0.15, 0.2) is 9.04 Å². The summed E-state index contributed by atoms with van der Waals surface area (Å²) in [7, 11) is -1.24. The van der Waals surface area contributed by atoms with Crippen LogP contribution in [0, 0.1) is 23.1 Å². The first-order valence-corrected chi connectivity index (χ1v) is 14.4. The Hall–Kier alpha value is -1.98. The van der Waals surface area contributed by atoms with E-state index in [1.54, 1.807) is 6.08 Å². The average molecular weight is 458 g/mol. The minimum atomic E-state index is -1.24. The molecule has 0 amide bonds. The zero-order chi connectivity index (χ0) is 24.2. The molecular formula is C27H40FNO2Si. The van der Waals surface area contributed by atoms with E-state index in [1.165, 1.54) is 23.4 Å². The molecule has 0 radical (unpaired) electrons. The van der Waals surface area contributed by atoms with Crippen LogP contribution in [0.15, 0.2) is 53.3 Å². The topological polar surface area (TPSA) is 29.5 Å². The number of halogens is 1. The normalized spacial score (nSPS) is 18.2. The smallest absolute Gasteiger partial charge is 0.173 e. The summed E-state index contributed by atoms with van der Waals surface area (Å²) in [5.74, 6) is 0.303. The van der Waals surface area contributed by atoms with Crippen molar-refractivity contribution in [1.82, 2.24) is 4.90 Å². The Kier molecular flexibility index (Phi) is 8.83. The van der Waals surface area contributed by atoms with Gasteiger partial charge in [-0.2, -0.15) is 0 Å². The number of rotatable bonds is 8. The Bertz CT molecular complexity index is 889. The first kappa shape index (κ1) is 26.3. The van der Waals surface area contributed by atoms with Crippen molar-refractivity contribution in [2.75, 3.05) is 6.73 Å². The van der Waals surface area contributed by atoms with Gasteiger partial charge >= 0.3 is 0 Å². The van der Waals surface area contributed by atoms with Crippen LogP contribution in [-0.4, -0.2) is 33.0 Å². The summed E-state index contributed by atoms with van der Waals surface area (Å²) < 4.78 is 20.1. The van der Waals surface area contributed by atoms with Gasteiger partial charge in [0, 0.05) is 5.70 Å². The van der Waals surface area contributed by atoms with Gasteiger partial charge in [-0.3, -0.25) is 4.79 Å². The van der Waals surface area contributed by atoms with Crippen LogP contribution in [0.3, 0.4) is 0 Å². The molecule has 0 fully saturated rings. The van der Waals surface area contributed by atoms with E-state index in [4.69, 9.17) is 4.43 Å². The van der Waals surface area contributed by atoms with Gasteiger partial charge in [0.1, 0.15) is 18.8 Å². The van der Waals surface area contributed by atoms with E-state index < -0.39 is 9.04 Å². The average Bonchev–Trinajstić information content (AvgIpc) is 2.68. The molecule has 0 saturated heterocycles.